The van der Waals surface area contributed by atoms with Crippen LogP contribution in [0, 0.1) is 5.92 Å². The average molecular weight is 167 g/mol. The Morgan fingerprint density at radius 1 is 1.08 bits per heavy atom. The minimum Gasteiger partial charge on any atom is -0.298 e. The SMILES string of the molecule is CCC1CC2CCC(C1)N2CC. The Balaban J connectivity index is 2.01. The third kappa shape index (κ3) is 1.28. The van der Waals surface area contributed by atoms with Gasteiger partial charge in [-0.2, -0.15) is 0 Å². The molecule has 0 aromatic heterocycles. The molecule has 12 heavy (non-hydrogen) atoms. The fourth-order valence-electron chi connectivity index (χ4n) is 3.24. The molecule has 0 amide bonds. The summed E-state index contributed by atoms with van der Waals surface area (Å²) in [7, 11) is 0. The van der Waals surface area contributed by atoms with Crippen molar-refractivity contribution in [1.82, 2.24) is 4.90 Å². The van der Waals surface area contributed by atoms with Gasteiger partial charge in [0.1, 0.15) is 0 Å². The molecule has 2 bridgehead atoms. The predicted molar refractivity (Wildman–Crippen MR) is 52.2 cm³/mol. The number of fused-ring (bicyclic) bond motifs is 2. The summed E-state index contributed by atoms with van der Waals surface area (Å²) in [6.45, 7) is 5.95. The Kier molecular flexibility index (Phi) is 2.40. The van der Waals surface area contributed by atoms with Crippen LogP contribution in [0.1, 0.15) is 46.0 Å². The number of hydrogen-bond acceptors (Lipinski definition) is 1. The predicted octanol–water partition coefficient (Wildman–Crippen LogP) is 2.66. The van der Waals surface area contributed by atoms with Crippen molar-refractivity contribution in [3.05, 3.63) is 0 Å². The molecule has 0 radical (unpaired) electrons. The summed E-state index contributed by atoms with van der Waals surface area (Å²) < 4.78 is 0. The summed E-state index contributed by atoms with van der Waals surface area (Å²) in [4.78, 5) is 2.74. The second kappa shape index (κ2) is 3.37. The third-order valence-electron chi connectivity index (χ3n) is 3.92. The molecule has 2 rings (SSSR count). The Morgan fingerprint density at radius 3 is 2.08 bits per heavy atom. The zero-order chi connectivity index (χ0) is 8.55. The monoisotopic (exact) mass is 167 g/mol. The summed E-state index contributed by atoms with van der Waals surface area (Å²) >= 11 is 0. The fraction of sp³-hybridized carbons (Fsp3) is 1.00. The van der Waals surface area contributed by atoms with Crippen molar-refractivity contribution in [2.24, 2.45) is 5.92 Å². The van der Waals surface area contributed by atoms with Gasteiger partial charge in [0.15, 0.2) is 0 Å². The zero-order valence-electron chi connectivity index (χ0n) is 8.42. The van der Waals surface area contributed by atoms with E-state index in [0.29, 0.717) is 0 Å². The topological polar surface area (TPSA) is 3.24 Å². The van der Waals surface area contributed by atoms with E-state index in [1.54, 1.807) is 0 Å². The summed E-state index contributed by atoms with van der Waals surface area (Å²) in [6.07, 6.45) is 7.34. The van der Waals surface area contributed by atoms with Crippen LogP contribution in [-0.2, 0) is 0 Å². The highest BCUT2D eigenvalue weighted by Crippen LogP contribution is 2.39. The zero-order valence-corrected chi connectivity index (χ0v) is 8.42. The normalized spacial score (nSPS) is 42.0. The molecule has 0 aliphatic carbocycles. The van der Waals surface area contributed by atoms with Crippen LogP contribution in [-0.4, -0.2) is 23.5 Å². The van der Waals surface area contributed by atoms with E-state index in [1.165, 1.54) is 38.6 Å². The lowest BCUT2D eigenvalue weighted by Crippen LogP contribution is -2.42. The van der Waals surface area contributed by atoms with Crippen LogP contribution < -0.4 is 0 Å². The number of piperidine rings is 1. The molecule has 2 aliphatic rings. The van der Waals surface area contributed by atoms with Gasteiger partial charge in [0.05, 0.1) is 0 Å². The highest BCUT2D eigenvalue weighted by Gasteiger charge is 2.38. The molecular weight excluding hydrogens is 146 g/mol. The first kappa shape index (κ1) is 8.55. The van der Waals surface area contributed by atoms with E-state index in [-0.39, 0.29) is 0 Å². The van der Waals surface area contributed by atoms with E-state index in [9.17, 15) is 0 Å². The van der Waals surface area contributed by atoms with Crippen LogP contribution in [0.3, 0.4) is 0 Å². The molecule has 0 aromatic carbocycles. The van der Waals surface area contributed by atoms with Crippen LogP contribution in [0.2, 0.25) is 0 Å². The van der Waals surface area contributed by atoms with Gasteiger partial charge in [0, 0.05) is 12.1 Å². The summed E-state index contributed by atoms with van der Waals surface area (Å²) in [6, 6.07) is 1.91. The molecule has 0 N–H and O–H groups in total. The van der Waals surface area contributed by atoms with Crippen molar-refractivity contribution < 1.29 is 0 Å². The maximum absolute atomic E-state index is 2.74. The summed E-state index contributed by atoms with van der Waals surface area (Å²) in [5, 5.41) is 0. The minimum absolute atomic E-state index is 0.957. The standard InChI is InChI=1S/C11H21N/c1-3-9-7-10-5-6-11(8-9)12(10)4-2/h9-11H,3-8H2,1-2H3. The molecule has 70 valence electrons. The first-order valence-corrected chi connectivity index (χ1v) is 5.60. The summed E-state index contributed by atoms with van der Waals surface area (Å²) in [5.41, 5.74) is 0. The van der Waals surface area contributed by atoms with E-state index in [4.69, 9.17) is 0 Å². The first-order valence-electron chi connectivity index (χ1n) is 5.60. The van der Waals surface area contributed by atoms with Crippen LogP contribution >= 0.6 is 0 Å². The Hall–Kier alpha value is -0.0400. The van der Waals surface area contributed by atoms with Gasteiger partial charge in [-0.25, -0.2) is 0 Å². The van der Waals surface area contributed by atoms with E-state index in [0.717, 1.165) is 18.0 Å². The molecule has 2 fully saturated rings. The van der Waals surface area contributed by atoms with Gasteiger partial charge in [0.25, 0.3) is 0 Å². The van der Waals surface area contributed by atoms with Gasteiger partial charge >= 0.3 is 0 Å². The van der Waals surface area contributed by atoms with Crippen LogP contribution in [0.5, 0.6) is 0 Å². The van der Waals surface area contributed by atoms with E-state index in [1.807, 2.05) is 0 Å². The van der Waals surface area contributed by atoms with Gasteiger partial charge in [-0.15, -0.1) is 0 Å². The third-order valence-corrected chi connectivity index (χ3v) is 3.92. The molecule has 2 heterocycles. The number of hydrogen-bond donors (Lipinski definition) is 0. The molecule has 2 saturated heterocycles. The quantitative estimate of drug-likeness (QED) is 0.611. The van der Waals surface area contributed by atoms with E-state index in [2.05, 4.69) is 18.7 Å². The maximum Gasteiger partial charge on any atom is 0.0101 e. The van der Waals surface area contributed by atoms with Crippen molar-refractivity contribution in [2.75, 3.05) is 6.54 Å². The smallest absolute Gasteiger partial charge is 0.0101 e. The molecule has 0 saturated carbocycles. The fourth-order valence-corrected chi connectivity index (χ4v) is 3.24. The lowest BCUT2D eigenvalue weighted by Gasteiger charge is -2.38. The van der Waals surface area contributed by atoms with Crippen molar-refractivity contribution in [2.45, 2.75) is 58.0 Å². The van der Waals surface area contributed by atoms with Gasteiger partial charge in [-0.05, 0) is 38.1 Å². The van der Waals surface area contributed by atoms with Crippen LogP contribution in [0.15, 0.2) is 0 Å². The molecule has 0 spiro atoms. The second-order valence-corrected chi connectivity index (χ2v) is 4.46. The lowest BCUT2D eigenvalue weighted by atomic mass is 9.89. The molecule has 2 unspecified atom stereocenters. The maximum atomic E-state index is 2.74. The highest BCUT2D eigenvalue weighted by atomic mass is 15.2. The van der Waals surface area contributed by atoms with Crippen molar-refractivity contribution in [3.8, 4) is 0 Å². The van der Waals surface area contributed by atoms with Crippen LogP contribution in [0.25, 0.3) is 0 Å². The van der Waals surface area contributed by atoms with Gasteiger partial charge < -0.3 is 0 Å². The number of rotatable bonds is 2. The Morgan fingerprint density at radius 2 is 1.67 bits per heavy atom. The van der Waals surface area contributed by atoms with Gasteiger partial charge in [0.2, 0.25) is 0 Å². The average Bonchev–Trinajstić information content (AvgIpc) is 2.35. The van der Waals surface area contributed by atoms with Gasteiger partial charge in [-0.1, -0.05) is 20.3 Å². The molecule has 2 aliphatic heterocycles. The van der Waals surface area contributed by atoms with Crippen LogP contribution in [0.4, 0.5) is 0 Å². The highest BCUT2D eigenvalue weighted by molar-refractivity contribution is 4.93. The summed E-state index contributed by atoms with van der Waals surface area (Å²) in [5.74, 6) is 1.05. The first-order chi connectivity index (χ1) is 5.85. The Bertz CT molecular complexity index is 141. The van der Waals surface area contributed by atoms with Crippen molar-refractivity contribution in [3.63, 3.8) is 0 Å². The number of nitrogens with zero attached hydrogens (tertiary/aromatic N) is 1. The minimum atomic E-state index is 0.957. The molecule has 2 atom stereocenters. The molecule has 1 heteroatoms. The second-order valence-electron chi connectivity index (χ2n) is 4.46. The van der Waals surface area contributed by atoms with Crippen molar-refractivity contribution in [1.29, 1.82) is 0 Å². The van der Waals surface area contributed by atoms with Gasteiger partial charge in [-0.3, -0.25) is 4.90 Å². The largest absolute Gasteiger partial charge is 0.298 e. The van der Waals surface area contributed by atoms with Crippen molar-refractivity contribution >= 4 is 0 Å². The van der Waals surface area contributed by atoms with E-state index >= 15 is 0 Å². The lowest BCUT2D eigenvalue weighted by molar-refractivity contribution is 0.108. The van der Waals surface area contributed by atoms with E-state index < -0.39 is 0 Å². The molecule has 0 aromatic rings. The molecule has 1 nitrogen and oxygen atoms in total. The Labute approximate surface area is 76.1 Å². The molecular formula is C11H21N.